The Morgan fingerprint density at radius 3 is 2.70 bits per heavy atom. The monoisotopic (exact) mass is 272 g/mol. The maximum absolute atomic E-state index is 3.50. The molecule has 2 heteroatoms. The van der Waals surface area contributed by atoms with E-state index in [4.69, 9.17) is 0 Å². The van der Waals surface area contributed by atoms with Crippen molar-refractivity contribution in [3.05, 3.63) is 29.3 Å². The van der Waals surface area contributed by atoms with Crippen LogP contribution in [0.2, 0.25) is 0 Å². The van der Waals surface area contributed by atoms with Gasteiger partial charge < -0.3 is 10.2 Å². The molecule has 0 bridgehead atoms. The lowest BCUT2D eigenvalue weighted by molar-refractivity contribution is 0.281. The van der Waals surface area contributed by atoms with Gasteiger partial charge in [-0.15, -0.1) is 0 Å². The van der Waals surface area contributed by atoms with E-state index in [1.807, 2.05) is 0 Å². The SMILES string of the molecule is c1cc2c(cc1CCCN1CCCCCC1)CCCN2. The first-order chi connectivity index (χ1) is 9.92. The van der Waals surface area contributed by atoms with Crippen LogP contribution < -0.4 is 5.32 Å². The van der Waals surface area contributed by atoms with Crippen molar-refractivity contribution in [1.29, 1.82) is 0 Å². The Bertz CT molecular complexity index is 419. The van der Waals surface area contributed by atoms with Crippen molar-refractivity contribution in [3.8, 4) is 0 Å². The van der Waals surface area contributed by atoms with Crippen molar-refractivity contribution in [2.24, 2.45) is 0 Å². The Balaban J connectivity index is 1.48. The first-order valence-corrected chi connectivity index (χ1v) is 8.50. The molecule has 2 heterocycles. The van der Waals surface area contributed by atoms with Crippen molar-refractivity contribution < 1.29 is 0 Å². The van der Waals surface area contributed by atoms with Crippen molar-refractivity contribution >= 4 is 5.69 Å². The fourth-order valence-corrected chi connectivity index (χ4v) is 3.55. The average molecular weight is 272 g/mol. The van der Waals surface area contributed by atoms with Gasteiger partial charge in [0.1, 0.15) is 0 Å². The maximum atomic E-state index is 3.50. The van der Waals surface area contributed by atoms with Gasteiger partial charge in [-0.3, -0.25) is 0 Å². The predicted molar refractivity (Wildman–Crippen MR) is 86.5 cm³/mol. The number of aryl methyl sites for hydroxylation is 2. The summed E-state index contributed by atoms with van der Waals surface area (Å²) in [6.07, 6.45) is 10.8. The molecule has 0 amide bonds. The Labute approximate surface area is 123 Å². The summed E-state index contributed by atoms with van der Waals surface area (Å²) in [5, 5.41) is 3.50. The van der Waals surface area contributed by atoms with Gasteiger partial charge in [-0.05, 0) is 75.4 Å². The van der Waals surface area contributed by atoms with Crippen molar-refractivity contribution in [2.75, 3.05) is 31.5 Å². The van der Waals surface area contributed by atoms with Crippen LogP contribution in [0.1, 0.15) is 49.7 Å². The Kier molecular flexibility index (Phi) is 4.96. The molecule has 0 aliphatic carbocycles. The van der Waals surface area contributed by atoms with Gasteiger partial charge in [-0.2, -0.15) is 0 Å². The molecule has 1 aromatic rings. The van der Waals surface area contributed by atoms with Gasteiger partial charge in [0.2, 0.25) is 0 Å². The van der Waals surface area contributed by atoms with Crippen LogP contribution in [0.15, 0.2) is 18.2 Å². The van der Waals surface area contributed by atoms with Crippen LogP contribution in [0.4, 0.5) is 5.69 Å². The van der Waals surface area contributed by atoms with E-state index in [0.29, 0.717) is 0 Å². The van der Waals surface area contributed by atoms with Crippen LogP contribution in [-0.2, 0) is 12.8 Å². The summed E-state index contributed by atoms with van der Waals surface area (Å²) in [7, 11) is 0. The summed E-state index contributed by atoms with van der Waals surface area (Å²) in [5.74, 6) is 0. The van der Waals surface area contributed by atoms with E-state index in [0.717, 1.165) is 6.54 Å². The van der Waals surface area contributed by atoms with E-state index in [1.54, 1.807) is 0 Å². The molecule has 20 heavy (non-hydrogen) atoms. The van der Waals surface area contributed by atoms with Crippen LogP contribution in [0, 0.1) is 0 Å². The number of rotatable bonds is 4. The highest BCUT2D eigenvalue weighted by atomic mass is 15.1. The molecule has 1 aromatic carbocycles. The lowest BCUT2D eigenvalue weighted by Crippen LogP contribution is -2.26. The third-order valence-corrected chi connectivity index (χ3v) is 4.75. The van der Waals surface area contributed by atoms with Crippen LogP contribution in [0.3, 0.4) is 0 Å². The number of nitrogens with zero attached hydrogens (tertiary/aromatic N) is 1. The highest BCUT2D eigenvalue weighted by Crippen LogP contribution is 2.23. The van der Waals surface area contributed by atoms with E-state index in [1.165, 1.54) is 87.8 Å². The van der Waals surface area contributed by atoms with Gasteiger partial charge in [-0.1, -0.05) is 25.0 Å². The van der Waals surface area contributed by atoms with E-state index in [-0.39, 0.29) is 0 Å². The number of nitrogens with one attached hydrogen (secondary N) is 1. The number of anilines is 1. The summed E-state index contributed by atoms with van der Waals surface area (Å²) in [6, 6.07) is 7.04. The van der Waals surface area contributed by atoms with E-state index in [9.17, 15) is 0 Å². The Hall–Kier alpha value is -1.02. The molecule has 0 aromatic heterocycles. The predicted octanol–water partition coefficient (Wildman–Crippen LogP) is 3.85. The molecule has 0 atom stereocenters. The van der Waals surface area contributed by atoms with Crippen LogP contribution >= 0.6 is 0 Å². The third kappa shape index (κ3) is 3.76. The van der Waals surface area contributed by atoms with E-state index < -0.39 is 0 Å². The molecule has 0 unspecified atom stereocenters. The van der Waals surface area contributed by atoms with Crippen molar-refractivity contribution in [1.82, 2.24) is 4.90 Å². The molecule has 2 nitrogen and oxygen atoms in total. The van der Waals surface area contributed by atoms with Crippen LogP contribution in [0.5, 0.6) is 0 Å². The molecule has 1 fully saturated rings. The summed E-state index contributed by atoms with van der Waals surface area (Å²) in [5.41, 5.74) is 4.43. The number of fused-ring (bicyclic) bond motifs is 1. The van der Waals surface area contributed by atoms with Crippen LogP contribution in [0.25, 0.3) is 0 Å². The molecule has 1 saturated heterocycles. The van der Waals surface area contributed by atoms with E-state index in [2.05, 4.69) is 28.4 Å². The minimum Gasteiger partial charge on any atom is -0.385 e. The number of hydrogen-bond acceptors (Lipinski definition) is 2. The number of benzene rings is 1. The molecule has 3 rings (SSSR count). The second-order valence-corrected chi connectivity index (χ2v) is 6.38. The largest absolute Gasteiger partial charge is 0.385 e. The quantitative estimate of drug-likeness (QED) is 0.895. The molecule has 0 saturated carbocycles. The number of likely N-dealkylation sites (tertiary alicyclic amines) is 1. The van der Waals surface area contributed by atoms with Crippen molar-refractivity contribution in [3.63, 3.8) is 0 Å². The zero-order chi connectivity index (χ0) is 13.6. The lowest BCUT2D eigenvalue weighted by atomic mass is 9.99. The van der Waals surface area contributed by atoms with E-state index >= 15 is 0 Å². The van der Waals surface area contributed by atoms with Gasteiger partial charge >= 0.3 is 0 Å². The zero-order valence-electron chi connectivity index (χ0n) is 12.7. The third-order valence-electron chi connectivity index (χ3n) is 4.75. The Morgan fingerprint density at radius 2 is 1.85 bits per heavy atom. The smallest absolute Gasteiger partial charge is 0.0372 e. The van der Waals surface area contributed by atoms with Gasteiger partial charge in [0.25, 0.3) is 0 Å². The molecular formula is C18H28N2. The summed E-state index contributed by atoms with van der Waals surface area (Å²) in [4.78, 5) is 2.67. The second kappa shape index (κ2) is 7.12. The zero-order valence-corrected chi connectivity index (χ0v) is 12.7. The second-order valence-electron chi connectivity index (χ2n) is 6.38. The van der Waals surface area contributed by atoms with Crippen molar-refractivity contribution in [2.45, 2.75) is 51.4 Å². The van der Waals surface area contributed by atoms with Gasteiger partial charge in [0.15, 0.2) is 0 Å². The molecule has 110 valence electrons. The normalized spacial score (nSPS) is 20.0. The standard InChI is InChI=1S/C18H28N2/c1-2-4-13-20(12-3-1)14-6-7-16-9-10-18-17(15-16)8-5-11-19-18/h9-10,15,19H,1-8,11-14H2. The minimum absolute atomic E-state index is 1.14. The molecule has 1 N–H and O–H groups in total. The minimum atomic E-state index is 1.14. The van der Waals surface area contributed by atoms with Gasteiger partial charge in [0, 0.05) is 12.2 Å². The fraction of sp³-hybridized carbons (Fsp3) is 0.667. The summed E-state index contributed by atoms with van der Waals surface area (Å²) in [6.45, 7) is 5.08. The molecular weight excluding hydrogens is 244 g/mol. The Morgan fingerprint density at radius 1 is 1.00 bits per heavy atom. The molecule has 2 aliphatic rings. The number of hydrogen-bond donors (Lipinski definition) is 1. The van der Waals surface area contributed by atoms with Gasteiger partial charge in [-0.25, -0.2) is 0 Å². The molecule has 2 aliphatic heterocycles. The highest BCUT2D eigenvalue weighted by molar-refractivity contribution is 5.54. The first-order valence-electron chi connectivity index (χ1n) is 8.50. The topological polar surface area (TPSA) is 15.3 Å². The lowest BCUT2D eigenvalue weighted by Gasteiger charge is -2.20. The molecule has 0 spiro atoms. The summed E-state index contributed by atoms with van der Waals surface area (Å²) < 4.78 is 0. The van der Waals surface area contributed by atoms with Crippen LogP contribution in [-0.4, -0.2) is 31.1 Å². The highest BCUT2D eigenvalue weighted by Gasteiger charge is 2.10. The fourth-order valence-electron chi connectivity index (χ4n) is 3.55. The molecule has 0 radical (unpaired) electrons. The first kappa shape index (κ1) is 13.9. The summed E-state index contributed by atoms with van der Waals surface area (Å²) >= 11 is 0. The maximum Gasteiger partial charge on any atom is 0.0372 e. The van der Waals surface area contributed by atoms with Gasteiger partial charge in [0.05, 0.1) is 0 Å². The average Bonchev–Trinajstić information content (AvgIpc) is 2.76.